The van der Waals surface area contributed by atoms with Crippen LogP contribution in [0.5, 0.6) is 5.75 Å². The molecule has 1 aliphatic rings. The summed E-state index contributed by atoms with van der Waals surface area (Å²) in [6, 6.07) is 14.2. The summed E-state index contributed by atoms with van der Waals surface area (Å²) in [6.45, 7) is 11.5. The monoisotopic (exact) mass is 598 g/mol. The van der Waals surface area contributed by atoms with Gasteiger partial charge in [-0.2, -0.15) is 0 Å². The van der Waals surface area contributed by atoms with Gasteiger partial charge in [-0.1, -0.05) is 50.6 Å². The quantitative estimate of drug-likeness (QED) is 0.107. The highest BCUT2D eigenvalue weighted by molar-refractivity contribution is 5.99. The number of carbonyl (C=O) groups is 2. The minimum Gasteiger partial charge on any atom is -0.494 e. The van der Waals surface area contributed by atoms with Crippen LogP contribution in [0.25, 0.3) is 0 Å². The van der Waals surface area contributed by atoms with Crippen molar-refractivity contribution in [3.63, 3.8) is 0 Å². The fraction of sp³-hybridized carbons (Fsp3) is 0.444. The number of nitrogens with one attached hydrogen (secondary N) is 1. The summed E-state index contributed by atoms with van der Waals surface area (Å²) in [5, 5.41) is 2.89. The molecular formula is C36H46N4O4. The van der Waals surface area contributed by atoms with E-state index < -0.39 is 0 Å². The first-order chi connectivity index (χ1) is 21.5. The number of carbonyl (C=O) groups excluding carboxylic acids is 2. The molecule has 8 heteroatoms. The van der Waals surface area contributed by atoms with Gasteiger partial charge in [0.05, 0.1) is 31.1 Å². The number of nitrogens with zero attached hydrogens (tertiary/aromatic N) is 3. The molecule has 1 saturated heterocycles. The molecule has 1 fully saturated rings. The molecule has 0 spiro atoms. The van der Waals surface area contributed by atoms with E-state index in [1.165, 1.54) is 6.08 Å². The van der Waals surface area contributed by atoms with Crippen molar-refractivity contribution in [2.45, 2.75) is 71.6 Å². The number of anilines is 2. The molecule has 1 aromatic heterocycles. The lowest BCUT2D eigenvalue weighted by Gasteiger charge is -2.29. The predicted octanol–water partition coefficient (Wildman–Crippen LogP) is 6.56. The molecule has 4 rings (SSSR count). The summed E-state index contributed by atoms with van der Waals surface area (Å²) >= 11 is 0. The second-order valence-electron chi connectivity index (χ2n) is 11.1. The van der Waals surface area contributed by atoms with Crippen molar-refractivity contribution in [3.05, 3.63) is 89.5 Å². The summed E-state index contributed by atoms with van der Waals surface area (Å²) < 4.78 is 11.6. The Kier molecular flexibility index (Phi) is 12.9. The molecule has 0 atom stereocenters. The van der Waals surface area contributed by atoms with Crippen molar-refractivity contribution in [1.29, 1.82) is 0 Å². The van der Waals surface area contributed by atoms with Gasteiger partial charge in [0.25, 0.3) is 0 Å². The van der Waals surface area contributed by atoms with E-state index in [1.54, 1.807) is 6.20 Å². The lowest BCUT2D eigenvalue weighted by Crippen LogP contribution is -2.36. The van der Waals surface area contributed by atoms with Crippen molar-refractivity contribution < 1.29 is 19.1 Å². The Morgan fingerprint density at radius 3 is 2.59 bits per heavy atom. The zero-order chi connectivity index (χ0) is 31.1. The van der Waals surface area contributed by atoms with Crippen LogP contribution in [0.1, 0.15) is 79.0 Å². The van der Waals surface area contributed by atoms with Crippen molar-refractivity contribution in [3.8, 4) is 5.75 Å². The van der Waals surface area contributed by atoms with Gasteiger partial charge in [-0.3, -0.25) is 9.59 Å². The number of hydrogen-bond acceptors (Lipinski definition) is 7. The van der Waals surface area contributed by atoms with Gasteiger partial charge < -0.3 is 19.7 Å². The molecule has 2 heterocycles. The molecular weight excluding hydrogens is 552 g/mol. The van der Waals surface area contributed by atoms with Crippen LogP contribution in [0.3, 0.4) is 0 Å². The van der Waals surface area contributed by atoms with Crippen LogP contribution in [-0.4, -0.2) is 54.6 Å². The van der Waals surface area contributed by atoms with Gasteiger partial charge in [0, 0.05) is 49.6 Å². The molecule has 0 aliphatic carbocycles. The van der Waals surface area contributed by atoms with E-state index in [1.807, 2.05) is 31.2 Å². The largest absolute Gasteiger partial charge is 0.494 e. The number of aryl methyl sites for hydroxylation is 4. The topological polar surface area (TPSA) is 93.7 Å². The molecule has 0 bridgehead atoms. The maximum atomic E-state index is 13.2. The molecule has 0 saturated carbocycles. The lowest BCUT2D eigenvalue weighted by molar-refractivity contribution is -0.111. The van der Waals surface area contributed by atoms with Crippen LogP contribution in [-0.2, 0) is 35.2 Å². The number of morpholine rings is 1. The number of aromatic nitrogens is 2. The predicted molar refractivity (Wildman–Crippen MR) is 176 cm³/mol. The number of hydrogen-bond donors (Lipinski definition) is 1. The minimum absolute atomic E-state index is 0.107. The maximum Gasteiger partial charge on any atom is 0.247 e. The van der Waals surface area contributed by atoms with Gasteiger partial charge in [0.2, 0.25) is 5.91 Å². The summed E-state index contributed by atoms with van der Waals surface area (Å²) in [5.41, 5.74) is 5.51. The normalized spacial score (nSPS) is 13.0. The third-order valence-electron chi connectivity index (χ3n) is 7.89. The molecule has 1 amide bonds. The SMILES string of the molecule is C=CC(=O)Nc1ccccc1CCCc1nc(CCc2ccc(N3CCOCC3)cc2OCC)ncc1C(=O)CCCCC. The van der Waals surface area contributed by atoms with Crippen LogP contribution in [0.2, 0.25) is 0 Å². The Labute approximate surface area is 261 Å². The number of amides is 1. The minimum atomic E-state index is -0.235. The molecule has 3 aromatic rings. The fourth-order valence-electron chi connectivity index (χ4n) is 5.47. The molecule has 8 nitrogen and oxygen atoms in total. The fourth-order valence-corrected chi connectivity index (χ4v) is 5.47. The van der Waals surface area contributed by atoms with Gasteiger partial charge in [0.1, 0.15) is 11.6 Å². The van der Waals surface area contributed by atoms with Crippen molar-refractivity contribution in [2.24, 2.45) is 0 Å². The first-order valence-corrected chi connectivity index (χ1v) is 16.0. The number of Topliss-reactive ketones (excluding diaryl/α,β-unsaturated/α-hetero) is 1. The van der Waals surface area contributed by atoms with Gasteiger partial charge in [-0.25, -0.2) is 9.97 Å². The van der Waals surface area contributed by atoms with E-state index >= 15 is 0 Å². The number of benzene rings is 2. The number of para-hydroxylation sites is 1. The molecule has 0 radical (unpaired) electrons. The van der Waals surface area contributed by atoms with E-state index in [9.17, 15) is 9.59 Å². The highest BCUT2D eigenvalue weighted by Crippen LogP contribution is 2.28. The van der Waals surface area contributed by atoms with Crippen LogP contribution < -0.4 is 15.0 Å². The average Bonchev–Trinajstić information content (AvgIpc) is 3.05. The Morgan fingerprint density at radius 2 is 1.82 bits per heavy atom. The van der Waals surface area contributed by atoms with Gasteiger partial charge in [-0.05, 0) is 68.4 Å². The highest BCUT2D eigenvalue weighted by Gasteiger charge is 2.17. The van der Waals surface area contributed by atoms with E-state index in [0.717, 1.165) is 105 Å². The van der Waals surface area contributed by atoms with Gasteiger partial charge in [-0.15, -0.1) is 0 Å². The van der Waals surface area contributed by atoms with Crippen molar-refractivity contribution >= 4 is 23.1 Å². The van der Waals surface area contributed by atoms with E-state index in [0.29, 0.717) is 31.4 Å². The van der Waals surface area contributed by atoms with Gasteiger partial charge >= 0.3 is 0 Å². The standard InChI is InChI=1S/C36H46N4O4/c1-4-7-8-16-33(41)30-26-37-35(38-32(30)15-11-13-27-12-9-10-14-31(27)39-36(42)5-2)20-18-28-17-19-29(25-34(28)44-6-3)40-21-23-43-24-22-40/h5,9-10,12,14,17,19,25-26H,2,4,6-8,11,13,15-16,18,20-24H2,1,3H3,(H,39,42). The van der Waals surface area contributed by atoms with E-state index in [4.69, 9.17) is 14.5 Å². The lowest BCUT2D eigenvalue weighted by atomic mass is 9.99. The summed E-state index contributed by atoms with van der Waals surface area (Å²) in [4.78, 5) is 37.0. The third kappa shape index (κ3) is 9.48. The number of ketones is 1. The third-order valence-corrected chi connectivity index (χ3v) is 7.89. The van der Waals surface area contributed by atoms with E-state index in [-0.39, 0.29) is 11.7 Å². The summed E-state index contributed by atoms with van der Waals surface area (Å²) in [5.74, 6) is 1.49. The molecule has 1 aliphatic heterocycles. The summed E-state index contributed by atoms with van der Waals surface area (Å²) in [7, 11) is 0. The maximum absolute atomic E-state index is 13.2. The number of unbranched alkanes of at least 4 members (excludes halogenated alkanes) is 2. The van der Waals surface area contributed by atoms with Crippen LogP contribution in [0, 0.1) is 0 Å². The van der Waals surface area contributed by atoms with Crippen LogP contribution in [0.4, 0.5) is 11.4 Å². The second-order valence-corrected chi connectivity index (χ2v) is 11.1. The smallest absolute Gasteiger partial charge is 0.247 e. The molecule has 0 unspecified atom stereocenters. The van der Waals surface area contributed by atoms with Crippen LogP contribution in [0.15, 0.2) is 61.3 Å². The Morgan fingerprint density at radius 1 is 1.00 bits per heavy atom. The van der Waals surface area contributed by atoms with E-state index in [2.05, 4.69) is 46.9 Å². The zero-order valence-electron chi connectivity index (χ0n) is 26.3. The molecule has 2 aromatic carbocycles. The number of ether oxygens (including phenoxy) is 2. The van der Waals surface area contributed by atoms with Gasteiger partial charge in [0.15, 0.2) is 5.78 Å². The Bertz CT molecular complexity index is 1400. The molecule has 234 valence electrons. The molecule has 44 heavy (non-hydrogen) atoms. The summed E-state index contributed by atoms with van der Waals surface area (Å²) in [6.07, 6.45) is 10.0. The number of rotatable bonds is 17. The van der Waals surface area contributed by atoms with Crippen LogP contribution >= 0.6 is 0 Å². The average molecular weight is 599 g/mol. The zero-order valence-corrected chi connectivity index (χ0v) is 26.3. The second kappa shape index (κ2) is 17.3. The van der Waals surface area contributed by atoms with Crippen molar-refractivity contribution in [2.75, 3.05) is 43.1 Å². The van der Waals surface area contributed by atoms with Crippen molar-refractivity contribution in [1.82, 2.24) is 9.97 Å². The highest BCUT2D eigenvalue weighted by atomic mass is 16.5. The first-order valence-electron chi connectivity index (χ1n) is 16.0. The Balaban J connectivity index is 1.49. The first kappa shape index (κ1) is 32.9. The molecule has 1 N–H and O–H groups in total. The Hall–Kier alpha value is -4.04.